The van der Waals surface area contributed by atoms with Crippen molar-refractivity contribution in [2.75, 3.05) is 12.4 Å². The number of ether oxygens (including phenoxy) is 1. The summed E-state index contributed by atoms with van der Waals surface area (Å²) in [5, 5.41) is 3.22. The molecule has 90 valence electrons. The van der Waals surface area contributed by atoms with Crippen LogP contribution in [0.5, 0.6) is 5.75 Å². The van der Waals surface area contributed by atoms with E-state index in [2.05, 4.69) is 26.1 Å². The van der Waals surface area contributed by atoms with Crippen molar-refractivity contribution >= 4 is 5.69 Å². The normalized spacial score (nSPS) is 12.6. The lowest BCUT2D eigenvalue weighted by Gasteiger charge is -2.22. The first-order valence-electron chi connectivity index (χ1n) is 5.68. The molecule has 0 heterocycles. The molecule has 3 heteroatoms. The van der Waals surface area contributed by atoms with Crippen LogP contribution >= 0.6 is 0 Å². The first kappa shape index (κ1) is 12.8. The summed E-state index contributed by atoms with van der Waals surface area (Å²) in [6.45, 7) is 6.34. The monoisotopic (exact) mass is 225 g/mol. The van der Waals surface area contributed by atoms with Gasteiger partial charge in [-0.15, -0.1) is 0 Å². The Balaban J connectivity index is 2.86. The summed E-state index contributed by atoms with van der Waals surface area (Å²) in [5.74, 6) is 0.901. The molecule has 0 aromatic heterocycles. The summed E-state index contributed by atoms with van der Waals surface area (Å²) in [7, 11) is 1.58. The van der Waals surface area contributed by atoms with E-state index in [0.717, 1.165) is 6.42 Å². The number of nitrogens with one attached hydrogen (secondary N) is 1. The van der Waals surface area contributed by atoms with Gasteiger partial charge in [0, 0.05) is 12.1 Å². The van der Waals surface area contributed by atoms with E-state index < -0.39 is 0 Å². The van der Waals surface area contributed by atoms with E-state index in [9.17, 15) is 4.39 Å². The highest BCUT2D eigenvalue weighted by atomic mass is 19.1. The van der Waals surface area contributed by atoms with Crippen molar-refractivity contribution in [2.45, 2.75) is 33.2 Å². The van der Waals surface area contributed by atoms with E-state index in [1.807, 2.05) is 0 Å². The molecule has 0 fully saturated rings. The lowest BCUT2D eigenvalue weighted by Crippen LogP contribution is -2.25. The molecule has 0 saturated heterocycles. The zero-order valence-electron chi connectivity index (χ0n) is 10.4. The molecule has 1 N–H and O–H groups in total. The molecule has 1 rings (SSSR count). The van der Waals surface area contributed by atoms with Crippen molar-refractivity contribution in [3.8, 4) is 5.75 Å². The largest absolute Gasteiger partial charge is 0.497 e. The molecular formula is C13H20FNO. The number of hydrogen-bond acceptors (Lipinski definition) is 2. The van der Waals surface area contributed by atoms with Crippen LogP contribution in [-0.2, 0) is 0 Å². The Bertz CT molecular complexity index is 339. The predicted octanol–water partition coefficient (Wildman–Crippen LogP) is 3.68. The highest BCUT2D eigenvalue weighted by Gasteiger charge is 2.13. The SMILES string of the molecule is CCC(Nc1cc(OC)ccc1F)C(C)C. The highest BCUT2D eigenvalue weighted by Crippen LogP contribution is 2.23. The molecule has 0 aliphatic carbocycles. The Labute approximate surface area is 96.8 Å². The fourth-order valence-electron chi connectivity index (χ4n) is 1.68. The smallest absolute Gasteiger partial charge is 0.146 e. The second-order valence-electron chi connectivity index (χ2n) is 4.25. The summed E-state index contributed by atoms with van der Waals surface area (Å²) >= 11 is 0. The third-order valence-corrected chi connectivity index (χ3v) is 2.76. The van der Waals surface area contributed by atoms with E-state index in [1.54, 1.807) is 19.2 Å². The van der Waals surface area contributed by atoms with E-state index in [1.165, 1.54) is 6.07 Å². The van der Waals surface area contributed by atoms with Crippen LogP contribution in [0.3, 0.4) is 0 Å². The second kappa shape index (κ2) is 5.73. The summed E-state index contributed by atoms with van der Waals surface area (Å²) in [6, 6.07) is 5.02. The Hall–Kier alpha value is -1.25. The third-order valence-electron chi connectivity index (χ3n) is 2.76. The summed E-state index contributed by atoms with van der Waals surface area (Å²) in [4.78, 5) is 0. The van der Waals surface area contributed by atoms with Crippen LogP contribution in [0.1, 0.15) is 27.2 Å². The second-order valence-corrected chi connectivity index (χ2v) is 4.25. The molecule has 0 aliphatic rings. The van der Waals surface area contributed by atoms with Gasteiger partial charge in [-0.1, -0.05) is 20.8 Å². The van der Waals surface area contributed by atoms with Gasteiger partial charge < -0.3 is 10.1 Å². The molecule has 2 nitrogen and oxygen atoms in total. The molecule has 1 aromatic rings. The average Bonchev–Trinajstić information content (AvgIpc) is 2.27. The first-order chi connectivity index (χ1) is 7.58. The molecule has 1 unspecified atom stereocenters. The molecule has 1 aromatic carbocycles. The number of rotatable bonds is 5. The van der Waals surface area contributed by atoms with Gasteiger partial charge in [0.25, 0.3) is 0 Å². The number of benzene rings is 1. The van der Waals surface area contributed by atoms with E-state index in [-0.39, 0.29) is 11.9 Å². The van der Waals surface area contributed by atoms with Crippen molar-refractivity contribution in [3.05, 3.63) is 24.0 Å². The summed E-state index contributed by atoms with van der Waals surface area (Å²) in [5.41, 5.74) is 0.514. The number of hydrogen-bond donors (Lipinski definition) is 1. The van der Waals surface area contributed by atoms with Gasteiger partial charge in [0.2, 0.25) is 0 Å². The van der Waals surface area contributed by atoms with Gasteiger partial charge in [-0.3, -0.25) is 0 Å². The minimum absolute atomic E-state index is 0.236. The standard InChI is InChI=1S/C13H20FNO/c1-5-12(9(2)3)15-13-8-10(16-4)6-7-11(13)14/h6-9,12,15H,5H2,1-4H3. The van der Waals surface area contributed by atoms with Gasteiger partial charge in [-0.25, -0.2) is 4.39 Å². The molecule has 0 aliphatic heterocycles. The molecular weight excluding hydrogens is 205 g/mol. The fourth-order valence-corrected chi connectivity index (χ4v) is 1.68. The van der Waals surface area contributed by atoms with E-state index in [0.29, 0.717) is 17.4 Å². The van der Waals surface area contributed by atoms with Gasteiger partial charge in [0.05, 0.1) is 12.8 Å². The van der Waals surface area contributed by atoms with Crippen molar-refractivity contribution in [2.24, 2.45) is 5.92 Å². The van der Waals surface area contributed by atoms with Crippen molar-refractivity contribution in [1.82, 2.24) is 0 Å². The average molecular weight is 225 g/mol. The maximum atomic E-state index is 13.5. The highest BCUT2D eigenvalue weighted by molar-refractivity contribution is 5.50. The van der Waals surface area contributed by atoms with Crippen LogP contribution in [0.4, 0.5) is 10.1 Å². The fraction of sp³-hybridized carbons (Fsp3) is 0.538. The van der Waals surface area contributed by atoms with Crippen molar-refractivity contribution < 1.29 is 9.13 Å². The Morgan fingerprint density at radius 2 is 2.06 bits per heavy atom. The Kier molecular flexibility index (Phi) is 4.59. The van der Waals surface area contributed by atoms with Crippen LogP contribution in [0.25, 0.3) is 0 Å². The molecule has 16 heavy (non-hydrogen) atoms. The molecule has 1 atom stereocenters. The molecule has 0 amide bonds. The minimum atomic E-state index is -0.236. The first-order valence-corrected chi connectivity index (χ1v) is 5.68. The van der Waals surface area contributed by atoms with Crippen LogP contribution in [-0.4, -0.2) is 13.2 Å². The zero-order valence-corrected chi connectivity index (χ0v) is 10.4. The minimum Gasteiger partial charge on any atom is -0.497 e. The van der Waals surface area contributed by atoms with Gasteiger partial charge >= 0.3 is 0 Å². The lowest BCUT2D eigenvalue weighted by atomic mass is 10.0. The van der Waals surface area contributed by atoms with Gasteiger partial charge in [0.1, 0.15) is 11.6 Å². The maximum Gasteiger partial charge on any atom is 0.146 e. The van der Waals surface area contributed by atoms with Crippen LogP contribution < -0.4 is 10.1 Å². The lowest BCUT2D eigenvalue weighted by molar-refractivity contribution is 0.413. The molecule has 0 bridgehead atoms. The van der Waals surface area contributed by atoms with Gasteiger partial charge in [-0.05, 0) is 24.5 Å². The number of halogens is 1. The van der Waals surface area contributed by atoms with Gasteiger partial charge in [-0.2, -0.15) is 0 Å². The third kappa shape index (κ3) is 3.12. The van der Waals surface area contributed by atoms with Crippen LogP contribution in [0.2, 0.25) is 0 Å². The van der Waals surface area contributed by atoms with E-state index >= 15 is 0 Å². The van der Waals surface area contributed by atoms with Crippen LogP contribution in [0.15, 0.2) is 18.2 Å². The summed E-state index contributed by atoms with van der Waals surface area (Å²) in [6.07, 6.45) is 0.967. The zero-order chi connectivity index (χ0) is 12.1. The molecule has 0 saturated carbocycles. The maximum absolute atomic E-state index is 13.5. The Morgan fingerprint density at radius 1 is 1.38 bits per heavy atom. The van der Waals surface area contributed by atoms with Gasteiger partial charge in [0.15, 0.2) is 0 Å². The molecule has 0 radical (unpaired) electrons. The van der Waals surface area contributed by atoms with Crippen molar-refractivity contribution in [1.29, 1.82) is 0 Å². The van der Waals surface area contributed by atoms with Crippen molar-refractivity contribution in [3.63, 3.8) is 0 Å². The Morgan fingerprint density at radius 3 is 2.56 bits per heavy atom. The number of anilines is 1. The number of methoxy groups -OCH3 is 1. The van der Waals surface area contributed by atoms with Crippen LogP contribution in [0, 0.1) is 11.7 Å². The summed E-state index contributed by atoms with van der Waals surface area (Å²) < 4.78 is 18.6. The topological polar surface area (TPSA) is 21.3 Å². The quantitative estimate of drug-likeness (QED) is 0.825. The van der Waals surface area contributed by atoms with E-state index in [4.69, 9.17) is 4.74 Å². The molecule has 0 spiro atoms. The predicted molar refractivity (Wildman–Crippen MR) is 65.5 cm³/mol.